The predicted molar refractivity (Wildman–Crippen MR) is 50.4 cm³/mol. The Kier molecular flexibility index (Phi) is 6.01. The molecule has 1 atom stereocenters. The quantitative estimate of drug-likeness (QED) is 0.593. The fraction of sp³-hybridized carbons (Fsp3) is 0.444. The summed E-state index contributed by atoms with van der Waals surface area (Å²) in [6, 6.07) is -0.260. The van der Waals surface area contributed by atoms with Gasteiger partial charge in [-0.05, 0) is 6.42 Å². The van der Waals surface area contributed by atoms with E-state index in [-0.39, 0.29) is 18.4 Å². The number of hydrogen-bond acceptors (Lipinski definition) is 2. The van der Waals surface area contributed by atoms with Gasteiger partial charge in [0.1, 0.15) is 0 Å². The molecule has 12 heavy (non-hydrogen) atoms. The van der Waals surface area contributed by atoms with Crippen LogP contribution in [0.4, 0.5) is 0 Å². The molecule has 0 aliphatic rings. The summed E-state index contributed by atoms with van der Waals surface area (Å²) in [6.45, 7) is 2.05. The van der Waals surface area contributed by atoms with Crippen molar-refractivity contribution in [3.8, 4) is 0 Å². The van der Waals surface area contributed by atoms with Crippen LogP contribution in [0, 0.1) is 0 Å². The fourth-order valence-electron chi connectivity index (χ4n) is 0.722. The minimum atomic E-state index is -0.369. The highest BCUT2D eigenvalue weighted by molar-refractivity contribution is 5.74. The maximum atomic E-state index is 10.4. The second kappa shape index (κ2) is 6.61. The molecule has 0 saturated heterocycles. The number of amides is 1. The molecule has 0 bridgehead atoms. The third-order valence-electron chi connectivity index (χ3n) is 1.28. The highest BCUT2D eigenvalue weighted by Gasteiger charge is 1.99. The monoisotopic (exact) mass is 168 g/mol. The van der Waals surface area contributed by atoms with Crippen molar-refractivity contribution >= 4 is 5.91 Å². The van der Waals surface area contributed by atoms with E-state index in [1.165, 1.54) is 0 Å². The highest BCUT2D eigenvalue weighted by Crippen LogP contribution is 1.90. The van der Waals surface area contributed by atoms with Gasteiger partial charge in [0.2, 0.25) is 5.91 Å². The second-order valence-corrected chi connectivity index (χ2v) is 2.56. The smallest absolute Gasteiger partial charge is 0.219 e. The van der Waals surface area contributed by atoms with Crippen molar-refractivity contribution in [2.24, 2.45) is 11.5 Å². The van der Waals surface area contributed by atoms with Gasteiger partial charge in [-0.25, -0.2) is 0 Å². The summed E-state index contributed by atoms with van der Waals surface area (Å²) in [5.74, 6) is -0.369. The van der Waals surface area contributed by atoms with Crippen LogP contribution >= 0.6 is 0 Å². The highest BCUT2D eigenvalue weighted by atomic mass is 16.1. The molecule has 4 N–H and O–H groups in total. The molecule has 3 heteroatoms. The van der Waals surface area contributed by atoms with Gasteiger partial charge in [-0.3, -0.25) is 4.79 Å². The summed E-state index contributed by atoms with van der Waals surface area (Å²) in [7, 11) is 0. The van der Waals surface area contributed by atoms with Crippen molar-refractivity contribution in [3.05, 3.63) is 24.3 Å². The van der Waals surface area contributed by atoms with E-state index in [1.807, 2.05) is 25.2 Å². The zero-order valence-corrected chi connectivity index (χ0v) is 7.36. The van der Waals surface area contributed by atoms with E-state index in [4.69, 9.17) is 11.5 Å². The van der Waals surface area contributed by atoms with E-state index in [1.54, 1.807) is 6.08 Å². The molecule has 0 fully saturated rings. The van der Waals surface area contributed by atoms with E-state index < -0.39 is 0 Å². The first-order valence-corrected chi connectivity index (χ1v) is 4.04. The van der Waals surface area contributed by atoms with Gasteiger partial charge in [0, 0.05) is 12.5 Å². The Labute approximate surface area is 73.1 Å². The van der Waals surface area contributed by atoms with Gasteiger partial charge in [0.05, 0.1) is 0 Å². The molecule has 0 aromatic carbocycles. The van der Waals surface area contributed by atoms with Crippen LogP contribution in [-0.4, -0.2) is 11.9 Å². The number of carbonyl (C=O) groups excluding carboxylic acids is 1. The molecular formula is C9H16N2O. The number of carbonyl (C=O) groups is 1. The number of nitrogens with two attached hydrogens (primary N) is 2. The average Bonchev–Trinajstić information content (AvgIpc) is 1.97. The van der Waals surface area contributed by atoms with Gasteiger partial charge < -0.3 is 11.5 Å². The van der Waals surface area contributed by atoms with Crippen molar-refractivity contribution in [2.45, 2.75) is 25.8 Å². The number of hydrogen-bond donors (Lipinski definition) is 2. The topological polar surface area (TPSA) is 69.1 Å². The van der Waals surface area contributed by atoms with Gasteiger partial charge >= 0.3 is 0 Å². The lowest BCUT2D eigenvalue weighted by molar-refractivity contribution is -0.118. The number of primary amides is 1. The van der Waals surface area contributed by atoms with E-state index >= 15 is 0 Å². The van der Waals surface area contributed by atoms with E-state index in [0.717, 1.165) is 6.42 Å². The molecule has 0 heterocycles. The normalized spacial score (nSPS) is 14.2. The Bertz CT molecular complexity index is 185. The zero-order chi connectivity index (χ0) is 9.40. The molecule has 0 spiro atoms. The molecule has 0 aromatic rings. The molecular weight excluding hydrogens is 152 g/mol. The molecule has 0 radical (unpaired) electrons. The zero-order valence-electron chi connectivity index (χ0n) is 7.36. The molecule has 0 aromatic heterocycles. The molecule has 3 nitrogen and oxygen atoms in total. The third kappa shape index (κ3) is 7.02. The number of allylic oxidation sites excluding steroid dienone is 3. The molecule has 0 aliphatic heterocycles. The van der Waals surface area contributed by atoms with Crippen LogP contribution in [0.1, 0.15) is 19.8 Å². The minimum absolute atomic E-state index is 0.205. The maximum absolute atomic E-state index is 10.4. The van der Waals surface area contributed by atoms with Gasteiger partial charge in [-0.1, -0.05) is 31.2 Å². The Morgan fingerprint density at radius 1 is 1.50 bits per heavy atom. The van der Waals surface area contributed by atoms with Crippen LogP contribution in [0.2, 0.25) is 0 Å². The summed E-state index contributed by atoms with van der Waals surface area (Å²) in [5, 5.41) is 0. The van der Waals surface area contributed by atoms with Crippen molar-refractivity contribution in [1.29, 1.82) is 0 Å². The SMILES string of the molecule is CC/C=C/C=C/C(N)CC(N)=O. The summed E-state index contributed by atoms with van der Waals surface area (Å²) < 4.78 is 0. The average molecular weight is 168 g/mol. The van der Waals surface area contributed by atoms with Gasteiger partial charge in [0.25, 0.3) is 0 Å². The van der Waals surface area contributed by atoms with Crippen molar-refractivity contribution in [1.82, 2.24) is 0 Å². The summed E-state index contributed by atoms with van der Waals surface area (Å²) >= 11 is 0. The first kappa shape index (κ1) is 10.9. The Balaban J connectivity index is 3.67. The van der Waals surface area contributed by atoms with Crippen LogP contribution in [0.15, 0.2) is 24.3 Å². The molecule has 0 aliphatic carbocycles. The lowest BCUT2D eigenvalue weighted by Crippen LogP contribution is -2.25. The summed E-state index contributed by atoms with van der Waals surface area (Å²) in [4.78, 5) is 10.4. The fourth-order valence-corrected chi connectivity index (χ4v) is 0.722. The molecule has 0 saturated carbocycles. The standard InChI is InChI=1S/C9H16N2O/c1-2-3-4-5-6-8(10)7-9(11)12/h3-6,8H,2,7,10H2,1H3,(H2,11,12)/b4-3+,6-5+. The largest absolute Gasteiger partial charge is 0.370 e. The van der Waals surface area contributed by atoms with Gasteiger partial charge in [-0.2, -0.15) is 0 Å². The lowest BCUT2D eigenvalue weighted by Gasteiger charge is -2.00. The Morgan fingerprint density at radius 3 is 2.67 bits per heavy atom. The molecule has 0 rings (SSSR count). The third-order valence-corrected chi connectivity index (χ3v) is 1.28. The van der Waals surface area contributed by atoms with E-state index in [9.17, 15) is 4.79 Å². The van der Waals surface area contributed by atoms with E-state index in [0.29, 0.717) is 0 Å². The molecule has 1 amide bonds. The molecule has 1 unspecified atom stereocenters. The van der Waals surface area contributed by atoms with Crippen LogP contribution in [0.5, 0.6) is 0 Å². The second-order valence-electron chi connectivity index (χ2n) is 2.56. The Hall–Kier alpha value is -1.09. The summed E-state index contributed by atoms with van der Waals surface area (Å²) in [5.41, 5.74) is 10.5. The van der Waals surface area contributed by atoms with E-state index in [2.05, 4.69) is 0 Å². The first-order valence-electron chi connectivity index (χ1n) is 4.04. The van der Waals surface area contributed by atoms with Crippen LogP contribution in [0.3, 0.4) is 0 Å². The van der Waals surface area contributed by atoms with Crippen LogP contribution < -0.4 is 11.5 Å². The van der Waals surface area contributed by atoms with Crippen LogP contribution in [0.25, 0.3) is 0 Å². The maximum Gasteiger partial charge on any atom is 0.219 e. The molecule has 68 valence electrons. The first-order chi connectivity index (χ1) is 5.66. The lowest BCUT2D eigenvalue weighted by atomic mass is 10.2. The predicted octanol–water partition coefficient (Wildman–Crippen LogP) is 0.712. The number of rotatable bonds is 5. The minimum Gasteiger partial charge on any atom is -0.370 e. The van der Waals surface area contributed by atoms with Gasteiger partial charge in [0.15, 0.2) is 0 Å². The van der Waals surface area contributed by atoms with Crippen LogP contribution in [-0.2, 0) is 4.79 Å². The van der Waals surface area contributed by atoms with Crippen molar-refractivity contribution in [3.63, 3.8) is 0 Å². The Morgan fingerprint density at radius 2 is 2.17 bits per heavy atom. The van der Waals surface area contributed by atoms with Crippen molar-refractivity contribution < 1.29 is 4.79 Å². The van der Waals surface area contributed by atoms with Gasteiger partial charge in [-0.15, -0.1) is 0 Å². The van der Waals surface area contributed by atoms with Crippen molar-refractivity contribution in [2.75, 3.05) is 0 Å². The summed E-state index contributed by atoms with van der Waals surface area (Å²) in [6.07, 6.45) is 8.70.